The van der Waals surface area contributed by atoms with E-state index >= 15 is 0 Å². The zero-order valence-corrected chi connectivity index (χ0v) is 30.0. The fourth-order valence-corrected chi connectivity index (χ4v) is 10.7. The standard InChI is InChI=1S/C37H59NO10/c1-8-21(3)38(22(4)9-2)20-32(43)48-29-17-36(7)27(23(5)39)12-13-28(36)26-11-10-24-16-25(14-15-35(24,6)33(26)29)47-31(42)19-37(46,34(44)45)18-30(40)41/h21-22,24-29,33,46H,8-20H2,1-7H3,(H,40,41)(H,44,45)/t21?,22?,24?,25?,26-,27+,28-,29?,33+,35-,36+,37?/m0/s1. The molecule has 0 radical (unpaired) electrons. The topological polar surface area (TPSA) is 168 Å². The Hall–Kier alpha value is -2.53. The lowest BCUT2D eigenvalue weighted by atomic mass is 9.43. The summed E-state index contributed by atoms with van der Waals surface area (Å²) >= 11 is 0. The molecule has 0 aromatic carbocycles. The zero-order valence-electron chi connectivity index (χ0n) is 30.0. The summed E-state index contributed by atoms with van der Waals surface area (Å²) in [5.41, 5.74) is -3.18. The number of carbonyl (C=O) groups excluding carboxylic acids is 3. The molecule has 4 saturated carbocycles. The highest BCUT2D eigenvalue weighted by Gasteiger charge is 2.65. The van der Waals surface area contributed by atoms with Gasteiger partial charge in [0.15, 0.2) is 5.60 Å². The number of aliphatic hydroxyl groups is 1. The Morgan fingerprint density at radius 2 is 1.52 bits per heavy atom. The molecule has 0 aromatic heterocycles. The maximum absolute atomic E-state index is 13.8. The summed E-state index contributed by atoms with van der Waals surface area (Å²) in [7, 11) is 0. The normalized spacial score (nSPS) is 36.8. The van der Waals surface area contributed by atoms with Crippen LogP contribution in [-0.4, -0.2) is 86.3 Å². The molecule has 0 spiro atoms. The number of Topliss-reactive ketones (excluding diaryl/α,β-unsaturated/α-hetero) is 1. The minimum Gasteiger partial charge on any atom is -0.481 e. The largest absolute Gasteiger partial charge is 0.481 e. The van der Waals surface area contributed by atoms with Gasteiger partial charge in [-0.3, -0.25) is 24.1 Å². The molecule has 3 N–H and O–H groups in total. The molecule has 0 aromatic rings. The van der Waals surface area contributed by atoms with Crippen molar-refractivity contribution in [1.82, 2.24) is 4.90 Å². The van der Waals surface area contributed by atoms with E-state index < -0.39 is 42.5 Å². The molecule has 0 aliphatic heterocycles. The fraction of sp³-hybridized carbons (Fsp3) is 0.865. The number of esters is 2. The Labute approximate surface area is 285 Å². The highest BCUT2D eigenvalue weighted by atomic mass is 16.5. The average Bonchev–Trinajstić information content (AvgIpc) is 3.35. The van der Waals surface area contributed by atoms with Crippen LogP contribution in [0.4, 0.5) is 0 Å². The van der Waals surface area contributed by atoms with Crippen LogP contribution < -0.4 is 0 Å². The fourth-order valence-electron chi connectivity index (χ4n) is 10.7. The number of rotatable bonds is 14. The minimum atomic E-state index is -2.74. The van der Waals surface area contributed by atoms with Gasteiger partial charge in [0.1, 0.15) is 18.0 Å². The third-order valence-corrected chi connectivity index (χ3v) is 13.5. The number of hydrogen-bond acceptors (Lipinski definition) is 9. The van der Waals surface area contributed by atoms with E-state index in [0.717, 1.165) is 38.5 Å². The molecule has 11 heteroatoms. The Kier molecular flexibility index (Phi) is 11.8. The first-order valence-electron chi connectivity index (χ1n) is 18.2. The third-order valence-electron chi connectivity index (χ3n) is 13.5. The van der Waals surface area contributed by atoms with Crippen molar-refractivity contribution in [1.29, 1.82) is 0 Å². The Bertz CT molecular complexity index is 1230. The Morgan fingerprint density at radius 1 is 0.875 bits per heavy atom. The van der Waals surface area contributed by atoms with Gasteiger partial charge in [-0.1, -0.05) is 27.7 Å². The molecule has 4 rings (SSSR count). The van der Waals surface area contributed by atoms with Crippen molar-refractivity contribution in [2.75, 3.05) is 6.54 Å². The molecule has 12 atom stereocenters. The molecule has 6 unspecified atom stereocenters. The van der Waals surface area contributed by atoms with Crippen LogP contribution in [0.5, 0.6) is 0 Å². The second-order valence-corrected chi connectivity index (χ2v) is 16.2. The van der Waals surface area contributed by atoms with Crippen molar-refractivity contribution in [3.8, 4) is 0 Å². The van der Waals surface area contributed by atoms with Gasteiger partial charge in [0.2, 0.25) is 0 Å². The number of nitrogens with zero attached hydrogens (tertiary/aromatic N) is 1. The molecule has 48 heavy (non-hydrogen) atoms. The summed E-state index contributed by atoms with van der Waals surface area (Å²) in [5, 5.41) is 28.8. The first kappa shape index (κ1) is 38.3. The molecule has 0 heterocycles. The van der Waals surface area contributed by atoms with Crippen molar-refractivity contribution >= 4 is 29.7 Å². The number of carboxylic acids is 2. The van der Waals surface area contributed by atoms with Crippen molar-refractivity contribution in [2.45, 2.75) is 155 Å². The summed E-state index contributed by atoms with van der Waals surface area (Å²) in [4.78, 5) is 64.5. The number of carbonyl (C=O) groups is 5. The summed E-state index contributed by atoms with van der Waals surface area (Å²) in [6, 6.07) is 0.464. The van der Waals surface area contributed by atoms with Crippen LogP contribution in [0.25, 0.3) is 0 Å². The van der Waals surface area contributed by atoms with Gasteiger partial charge in [-0.05, 0) is 114 Å². The van der Waals surface area contributed by atoms with E-state index in [1.54, 1.807) is 6.92 Å². The van der Waals surface area contributed by atoms with Gasteiger partial charge >= 0.3 is 23.9 Å². The number of ether oxygens (including phenoxy) is 2. The first-order chi connectivity index (χ1) is 22.4. The van der Waals surface area contributed by atoms with E-state index in [1.807, 2.05) is 0 Å². The van der Waals surface area contributed by atoms with Crippen molar-refractivity contribution in [2.24, 2.45) is 40.4 Å². The summed E-state index contributed by atoms with van der Waals surface area (Å²) < 4.78 is 12.3. The number of carboxylic acid groups (broad SMARTS) is 2. The number of hydrogen-bond donors (Lipinski definition) is 3. The maximum atomic E-state index is 13.8. The number of ketones is 1. The van der Waals surface area contributed by atoms with Gasteiger partial charge in [0, 0.05) is 23.9 Å². The van der Waals surface area contributed by atoms with Gasteiger partial charge in [0.05, 0.1) is 19.4 Å². The van der Waals surface area contributed by atoms with E-state index in [9.17, 15) is 34.2 Å². The molecule has 0 amide bonds. The van der Waals surface area contributed by atoms with Crippen LogP contribution in [0.15, 0.2) is 0 Å². The van der Waals surface area contributed by atoms with Crippen LogP contribution >= 0.6 is 0 Å². The lowest BCUT2D eigenvalue weighted by Gasteiger charge is -2.62. The van der Waals surface area contributed by atoms with E-state index in [-0.39, 0.29) is 65.1 Å². The summed E-state index contributed by atoms with van der Waals surface area (Å²) in [6.45, 7) is 15.0. The molecular weight excluding hydrogens is 618 g/mol. The van der Waals surface area contributed by atoms with E-state index in [0.29, 0.717) is 37.5 Å². The molecule has 0 bridgehead atoms. The molecule has 272 valence electrons. The van der Waals surface area contributed by atoms with Gasteiger partial charge in [-0.2, -0.15) is 0 Å². The number of aliphatic carboxylic acids is 2. The lowest BCUT2D eigenvalue weighted by molar-refractivity contribution is -0.203. The van der Waals surface area contributed by atoms with E-state index in [4.69, 9.17) is 14.6 Å². The maximum Gasteiger partial charge on any atom is 0.336 e. The van der Waals surface area contributed by atoms with E-state index in [2.05, 4.69) is 46.4 Å². The molecule has 0 saturated heterocycles. The first-order valence-corrected chi connectivity index (χ1v) is 18.2. The lowest BCUT2D eigenvalue weighted by Crippen LogP contribution is -2.60. The van der Waals surface area contributed by atoms with Gasteiger partial charge in [-0.25, -0.2) is 4.79 Å². The van der Waals surface area contributed by atoms with Crippen LogP contribution in [0.1, 0.15) is 126 Å². The van der Waals surface area contributed by atoms with E-state index in [1.165, 1.54) is 0 Å². The SMILES string of the molecule is CCC(C)N(CC(=O)OC1C[C@]2(C)[C@@H](C(C)=O)CC[C@H]2[C@@H]2CCC3CC(OC(=O)CC(O)(CC(=O)O)C(=O)O)CC[C@]3(C)[C@@H]12)C(C)CC. The molecule has 4 fully saturated rings. The summed E-state index contributed by atoms with van der Waals surface area (Å²) in [6.07, 6.45) is 5.09. The van der Waals surface area contributed by atoms with Gasteiger partial charge < -0.3 is 24.8 Å². The second kappa shape index (κ2) is 14.8. The predicted octanol–water partition coefficient (Wildman–Crippen LogP) is 5.25. The van der Waals surface area contributed by atoms with Crippen LogP contribution in [0, 0.1) is 40.4 Å². The second-order valence-electron chi connectivity index (χ2n) is 16.2. The van der Waals surface area contributed by atoms with Crippen molar-refractivity contribution in [3.63, 3.8) is 0 Å². The minimum absolute atomic E-state index is 0.0485. The monoisotopic (exact) mass is 677 g/mol. The van der Waals surface area contributed by atoms with Crippen LogP contribution in [0.3, 0.4) is 0 Å². The molecule has 11 nitrogen and oxygen atoms in total. The molecule has 4 aliphatic carbocycles. The van der Waals surface area contributed by atoms with Crippen LogP contribution in [-0.2, 0) is 33.4 Å². The highest BCUT2D eigenvalue weighted by Crippen LogP contribution is 2.68. The molecular formula is C37H59NO10. The smallest absolute Gasteiger partial charge is 0.336 e. The van der Waals surface area contributed by atoms with Gasteiger partial charge in [-0.15, -0.1) is 0 Å². The average molecular weight is 678 g/mol. The highest BCUT2D eigenvalue weighted by molar-refractivity contribution is 5.88. The third kappa shape index (κ3) is 7.47. The predicted molar refractivity (Wildman–Crippen MR) is 177 cm³/mol. The Balaban J connectivity index is 1.56. The molecule has 4 aliphatic rings. The van der Waals surface area contributed by atoms with Crippen molar-refractivity contribution in [3.05, 3.63) is 0 Å². The van der Waals surface area contributed by atoms with Gasteiger partial charge in [0.25, 0.3) is 0 Å². The quantitative estimate of drug-likeness (QED) is 0.206. The van der Waals surface area contributed by atoms with Crippen LogP contribution in [0.2, 0.25) is 0 Å². The van der Waals surface area contributed by atoms with Crippen molar-refractivity contribution < 1.29 is 48.8 Å². The summed E-state index contributed by atoms with van der Waals surface area (Å²) in [5.74, 6) is -3.39. The number of fused-ring (bicyclic) bond motifs is 5. The zero-order chi connectivity index (χ0) is 35.8. The Morgan fingerprint density at radius 3 is 2.08 bits per heavy atom.